The first-order valence-corrected chi connectivity index (χ1v) is 7.12. The molecule has 1 aliphatic heterocycles. The molecule has 4 nitrogen and oxygen atoms in total. The summed E-state index contributed by atoms with van der Waals surface area (Å²) in [5.41, 5.74) is 7.26. The number of halogens is 1. The van der Waals surface area contributed by atoms with Crippen molar-refractivity contribution >= 4 is 0 Å². The van der Waals surface area contributed by atoms with Crippen molar-refractivity contribution in [2.75, 3.05) is 26.4 Å². The molecule has 1 heterocycles. The number of morpholine rings is 1. The summed E-state index contributed by atoms with van der Waals surface area (Å²) >= 11 is 0. The topological polar surface area (TPSA) is 58.7 Å². The van der Waals surface area contributed by atoms with Crippen LogP contribution in [0.1, 0.15) is 24.9 Å². The molecule has 0 spiro atoms. The normalized spacial score (nSPS) is 23.5. The minimum absolute atomic E-state index is 0.0263. The summed E-state index contributed by atoms with van der Waals surface area (Å²) in [6.45, 7) is 3.93. The Morgan fingerprint density at radius 1 is 1.45 bits per heavy atom. The van der Waals surface area contributed by atoms with Gasteiger partial charge in [-0.05, 0) is 24.1 Å². The van der Waals surface area contributed by atoms with Gasteiger partial charge in [-0.15, -0.1) is 0 Å². The van der Waals surface area contributed by atoms with Crippen LogP contribution < -0.4 is 5.73 Å². The van der Waals surface area contributed by atoms with Crippen LogP contribution in [0.25, 0.3) is 0 Å². The third-order valence-electron chi connectivity index (χ3n) is 3.93. The molecule has 1 aromatic rings. The van der Waals surface area contributed by atoms with E-state index in [1.165, 1.54) is 12.1 Å². The Morgan fingerprint density at radius 3 is 2.75 bits per heavy atom. The lowest BCUT2D eigenvalue weighted by Crippen LogP contribution is -2.53. The van der Waals surface area contributed by atoms with E-state index < -0.39 is 0 Å². The first-order valence-electron chi connectivity index (χ1n) is 7.12. The molecule has 3 unspecified atom stereocenters. The second kappa shape index (κ2) is 7.13. The minimum atomic E-state index is -0.252. The second-order valence-electron chi connectivity index (χ2n) is 5.22. The number of hydrogen-bond acceptors (Lipinski definition) is 4. The van der Waals surface area contributed by atoms with Gasteiger partial charge < -0.3 is 15.6 Å². The van der Waals surface area contributed by atoms with Crippen molar-refractivity contribution in [3.8, 4) is 0 Å². The van der Waals surface area contributed by atoms with Crippen LogP contribution in [0.3, 0.4) is 0 Å². The third-order valence-corrected chi connectivity index (χ3v) is 3.93. The van der Waals surface area contributed by atoms with Crippen molar-refractivity contribution in [1.29, 1.82) is 0 Å². The van der Waals surface area contributed by atoms with Gasteiger partial charge in [0.05, 0.1) is 31.9 Å². The summed E-state index contributed by atoms with van der Waals surface area (Å²) in [7, 11) is 0. The molecule has 0 aromatic heterocycles. The first-order chi connectivity index (χ1) is 9.67. The van der Waals surface area contributed by atoms with Crippen LogP contribution in [0.2, 0.25) is 0 Å². The molecule has 0 radical (unpaired) electrons. The van der Waals surface area contributed by atoms with Gasteiger partial charge in [-0.1, -0.05) is 19.1 Å². The van der Waals surface area contributed by atoms with Gasteiger partial charge in [0.1, 0.15) is 5.82 Å². The molecule has 1 fully saturated rings. The summed E-state index contributed by atoms with van der Waals surface area (Å²) in [5.74, 6) is -0.252. The van der Waals surface area contributed by atoms with E-state index in [9.17, 15) is 9.50 Å². The van der Waals surface area contributed by atoms with Crippen LogP contribution >= 0.6 is 0 Å². The SMILES string of the molecule is CCC(N)C(c1ccc(F)cc1)N1CCOCC1CO. The highest BCUT2D eigenvalue weighted by Gasteiger charge is 2.33. The monoisotopic (exact) mass is 282 g/mol. The molecular weight excluding hydrogens is 259 g/mol. The average molecular weight is 282 g/mol. The first kappa shape index (κ1) is 15.4. The van der Waals surface area contributed by atoms with E-state index >= 15 is 0 Å². The molecule has 3 N–H and O–H groups in total. The summed E-state index contributed by atoms with van der Waals surface area (Å²) in [6.07, 6.45) is 0.817. The summed E-state index contributed by atoms with van der Waals surface area (Å²) in [5, 5.41) is 9.53. The number of benzene rings is 1. The fourth-order valence-electron chi connectivity index (χ4n) is 2.76. The second-order valence-corrected chi connectivity index (χ2v) is 5.22. The van der Waals surface area contributed by atoms with Crippen LogP contribution in [-0.4, -0.2) is 48.5 Å². The molecule has 0 aliphatic carbocycles. The molecule has 0 bridgehead atoms. The van der Waals surface area contributed by atoms with E-state index in [1.54, 1.807) is 12.1 Å². The van der Waals surface area contributed by atoms with Crippen LogP contribution in [0.15, 0.2) is 24.3 Å². The molecular formula is C15H23FN2O2. The van der Waals surface area contributed by atoms with Crippen LogP contribution in [0.4, 0.5) is 4.39 Å². The Labute approximate surface area is 119 Å². The summed E-state index contributed by atoms with van der Waals surface area (Å²) in [4.78, 5) is 2.19. The molecule has 0 amide bonds. The molecule has 1 saturated heterocycles. The zero-order valence-electron chi connectivity index (χ0n) is 11.8. The zero-order valence-corrected chi connectivity index (χ0v) is 11.8. The van der Waals surface area contributed by atoms with E-state index in [1.807, 2.05) is 6.92 Å². The van der Waals surface area contributed by atoms with E-state index in [2.05, 4.69) is 4.90 Å². The largest absolute Gasteiger partial charge is 0.395 e. The van der Waals surface area contributed by atoms with Gasteiger partial charge in [0, 0.05) is 12.6 Å². The van der Waals surface area contributed by atoms with Gasteiger partial charge in [-0.3, -0.25) is 4.90 Å². The fraction of sp³-hybridized carbons (Fsp3) is 0.600. The lowest BCUT2D eigenvalue weighted by molar-refractivity contribution is -0.0528. The lowest BCUT2D eigenvalue weighted by atomic mass is 9.94. The maximum atomic E-state index is 13.1. The predicted octanol–water partition coefficient (Wildman–Crippen LogP) is 1.30. The summed E-state index contributed by atoms with van der Waals surface area (Å²) in [6, 6.07) is 6.32. The maximum absolute atomic E-state index is 13.1. The molecule has 2 rings (SSSR count). The lowest BCUT2D eigenvalue weighted by Gasteiger charge is -2.42. The molecule has 1 aromatic carbocycles. The van der Waals surface area contributed by atoms with E-state index in [0.717, 1.165) is 18.5 Å². The van der Waals surface area contributed by atoms with Crippen LogP contribution in [0, 0.1) is 5.82 Å². The molecule has 1 aliphatic rings. The van der Waals surface area contributed by atoms with E-state index in [-0.39, 0.29) is 30.5 Å². The Bertz CT molecular complexity index is 413. The smallest absolute Gasteiger partial charge is 0.123 e. The number of rotatable bonds is 5. The zero-order chi connectivity index (χ0) is 14.5. The average Bonchev–Trinajstić information content (AvgIpc) is 2.49. The maximum Gasteiger partial charge on any atom is 0.123 e. The Kier molecular flexibility index (Phi) is 5.48. The van der Waals surface area contributed by atoms with E-state index in [0.29, 0.717) is 13.2 Å². The number of aliphatic hydroxyl groups is 1. The Balaban J connectivity index is 2.28. The number of nitrogens with zero attached hydrogens (tertiary/aromatic N) is 1. The van der Waals surface area contributed by atoms with Gasteiger partial charge >= 0.3 is 0 Å². The number of aliphatic hydroxyl groups excluding tert-OH is 1. The molecule has 3 atom stereocenters. The van der Waals surface area contributed by atoms with Crippen LogP contribution in [-0.2, 0) is 4.74 Å². The molecule has 0 saturated carbocycles. The van der Waals surface area contributed by atoms with Crippen molar-refractivity contribution < 1.29 is 14.2 Å². The minimum Gasteiger partial charge on any atom is -0.395 e. The molecule has 112 valence electrons. The number of ether oxygens (including phenoxy) is 1. The highest BCUT2D eigenvalue weighted by atomic mass is 19.1. The van der Waals surface area contributed by atoms with Crippen LogP contribution in [0.5, 0.6) is 0 Å². The highest BCUT2D eigenvalue weighted by Crippen LogP contribution is 2.28. The highest BCUT2D eigenvalue weighted by molar-refractivity contribution is 5.22. The predicted molar refractivity (Wildman–Crippen MR) is 75.8 cm³/mol. The van der Waals surface area contributed by atoms with Crippen molar-refractivity contribution in [1.82, 2.24) is 4.90 Å². The van der Waals surface area contributed by atoms with E-state index in [4.69, 9.17) is 10.5 Å². The molecule has 5 heteroatoms. The summed E-state index contributed by atoms with van der Waals surface area (Å²) < 4.78 is 18.5. The van der Waals surface area contributed by atoms with Crippen molar-refractivity contribution in [3.05, 3.63) is 35.6 Å². The van der Waals surface area contributed by atoms with Gasteiger partial charge in [-0.2, -0.15) is 0 Å². The quantitative estimate of drug-likeness (QED) is 0.854. The van der Waals surface area contributed by atoms with Gasteiger partial charge in [0.25, 0.3) is 0 Å². The molecule has 20 heavy (non-hydrogen) atoms. The van der Waals surface area contributed by atoms with Crippen molar-refractivity contribution in [2.45, 2.75) is 31.5 Å². The van der Waals surface area contributed by atoms with Gasteiger partial charge in [0.2, 0.25) is 0 Å². The Hall–Kier alpha value is -1.01. The van der Waals surface area contributed by atoms with Gasteiger partial charge in [-0.25, -0.2) is 4.39 Å². The number of nitrogens with two attached hydrogens (primary N) is 1. The van der Waals surface area contributed by atoms with Gasteiger partial charge in [0.15, 0.2) is 0 Å². The fourth-order valence-corrected chi connectivity index (χ4v) is 2.76. The standard InChI is InChI=1S/C15H23FN2O2/c1-2-14(17)15(11-3-5-12(16)6-4-11)18-7-8-20-10-13(18)9-19/h3-6,13-15,19H,2,7-10,17H2,1H3. The van der Waals surface area contributed by atoms with Crippen molar-refractivity contribution in [2.24, 2.45) is 5.73 Å². The number of hydrogen-bond donors (Lipinski definition) is 2. The third kappa shape index (κ3) is 3.35. The Morgan fingerprint density at radius 2 is 2.15 bits per heavy atom. The van der Waals surface area contributed by atoms with Crippen molar-refractivity contribution in [3.63, 3.8) is 0 Å².